The number of nitrogen functional groups attached to an aromatic ring is 4. The number of hydrogen-bond donors (Lipinski definition) is 8. The van der Waals surface area contributed by atoms with Crippen molar-refractivity contribution in [1.82, 2.24) is 102 Å². The Morgan fingerprint density at radius 3 is 0.945 bits per heavy atom. The molecule has 0 aliphatic rings. The first-order chi connectivity index (χ1) is 69.1. The number of alkyl halides is 4. The molecule has 3 atom stereocenters. The van der Waals surface area contributed by atoms with E-state index in [0.29, 0.717) is 100 Å². The molecule has 0 bridgehead atoms. The maximum absolute atomic E-state index is 14.8. The van der Waals surface area contributed by atoms with E-state index in [4.69, 9.17) is 52.2 Å². The van der Waals surface area contributed by atoms with Crippen molar-refractivity contribution in [2.24, 2.45) is 0 Å². The predicted octanol–water partition coefficient (Wildman–Crippen LogP) is 16.7. The Hall–Kier alpha value is -14.6. The summed E-state index contributed by atoms with van der Waals surface area (Å²) in [4.78, 5) is 35.5. The molecule has 12 N–H and O–H groups in total. The molecule has 0 radical (unpaired) electrons. The van der Waals surface area contributed by atoms with Gasteiger partial charge in [-0.05, 0) is 195 Å². The molecule has 145 heavy (non-hydrogen) atoms. The standard InChI is InChI=1S/C25H26F2N6O3S.2C25H27FN6O3S.C24H24ClFN6O3S/c1-14(2)37(34,35)18-7-5-17(6-8-18)21-13-30-23(28)22(31-21)25-33-32-24(36-25)19-9-4-16(10-20(19)27)12-29-15(3)11-26;1-15(2)36(33,34)20-10-8-18(9-11-20)21-14-29-23(27)22(30-21)25-32-31-24(35-25)19-6-4-17(5-7-19)13-28-12-16(3)26;1-15(2)36(33,34)20-10-8-18(9-11-20)21-14-29-23(27)22(30-21)25-32-31-24(35-25)19-6-4-17(5-7-19)13-28-16(3)12-26;1-14(2)36(33,34)20-8-7-17(11-18(20)25)19-13-29-22(27)21(30-19)24-32-31-23(35-24)16-5-3-15(4-6-16)12-28-10-9-26/h4-10,13-15,29H,11-12H2,1-3H3,(H2,28,30);2*4-11,14-16,28H,12-13H2,1-3H3,(H2,27,29);3-8,11,13-14,28H,9-10,12H2,1-2H3,(H2,27,29). The highest BCUT2D eigenvalue weighted by molar-refractivity contribution is 7.93. The van der Waals surface area contributed by atoms with Gasteiger partial charge in [0.25, 0.3) is 29.5 Å². The maximum Gasteiger partial charge on any atom is 0.270 e. The van der Waals surface area contributed by atoms with Gasteiger partial charge in [0, 0.05) is 90.3 Å². The van der Waals surface area contributed by atoms with Gasteiger partial charge in [-0.3, -0.25) is 0 Å². The van der Waals surface area contributed by atoms with E-state index < -0.39 is 92.4 Å². The summed E-state index contributed by atoms with van der Waals surface area (Å²) in [6, 6.07) is 50.0. The van der Waals surface area contributed by atoms with Crippen molar-refractivity contribution in [2.75, 3.05) is 56.0 Å². The highest BCUT2D eigenvalue weighted by Gasteiger charge is 2.29. The Labute approximate surface area is 838 Å². The molecule has 0 spiro atoms. The largest absolute Gasteiger partial charge is 0.414 e. The van der Waals surface area contributed by atoms with Crippen LogP contribution in [0.3, 0.4) is 0 Å². The third-order valence-corrected chi connectivity index (χ3v) is 31.3. The summed E-state index contributed by atoms with van der Waals surface area (Å²) in [6.45, 7) is 19.1. The molecule has 36 nitrogen and oxygen atoms in total. The van der Waals surface area contributed by atoms with Gasteiger partial charge < -0.3 is 61.9 Å². The van der Waals surface area contributed by atoms with Gasteiger partial charge in [-0.15, -0.1) is 40.8 Å². The number of nitrogens with two attached hydrogens (primary N) is 4. The monoisotopic (exact) mass is 2080 g/mol. The molecule has 0 aliphatic heterocycles. The Bertz CT molecular complexity index is 7660. The second-order valence-corrected chi connectivity index (χ2v) is 44.6. The molecule has 0 aliphatic carbocycles. The number of anilines is 4. The molecule has 0 saturated carbocycles. The molecule has 0 fully saturated rings. The van der Waals surface area contributed by atoms with E-state index in [1.54, 1.807) is 142 Å². The van der Waals surface area contributed by atoms with Crippen LogP contribution in [-0.2, 0) is 65.5 Å². The number of rotatable bonds is 36. The molecule has 16 aromatic rings. The van der Waals surface area contributed by atoms with Gasteiger partial charge in [0.1, 0.15) is 32.0 Å². The summed E-state index contributed by atoms with van der Waals surface area (Å²) >= 11 is 6.30. The van der Waals surface area contributed by atoms with E-state index in [1.807, 2.05) is 72.8 Å². The van der Waals surface area contributed by atoms with Crippen molar-refractivity contribution in [1.29, 1.82) is 0 Å². The average molecular weight is 2080 g/mol. The molecule has 3 unspecified atom stereocenters. The van der Waals surface area contributed by atoms with Crippen molar-refractivity contribution in [2.45, 2.75) is 161 Å². The van der Waals surface area contributed by atoms with Gasteiger partial charge in [0.2, 0.25) is 17.7 Å². The van der Waals surface area contributed by atoms with Crippen LogP contribution >= 0.6 is 11.6 Å². The number of nitrogens with zero attached hydrogens (tertiary/aromatic N) is 16. The van der Waals surface area contributed by atoms with Gasteiger partial charge >= 0.3 is 0 Å². The Morgan fingerprint density at radius 2 is 0.628 bits per heavy atom. The number of aromatic nitrogens is 16. The van der Waals surface area contributed by atoms with Crippen LogP contribution in [0.15, 0.2) is 244 Å². The summed E-state index contributed by atoms with van der Waals surface area (Å²) in [5.74, 6) is 0.809. The van der Waals surface area contributed by atoms with Crippen LogP contribution in [0.25, 0.3) is 137 Å². The first-order valence-corrected chi connectivity index (χ1v) is 51.9. The average Bonchev–Trinajstić information content (AvgIpc) is 1.79. The SMILES string of the molecule is CC(C)S(=O)(=O)c1ccc(-c2cnc(N)c(-c3nnc(-c4ccc(CNCCF)cc4)o3)n2)cc1Cl.CC(CF)NCc1ccc(-c2nnc(-c3nc(-c4ccc(S(=O)(=O)C(C)C)cc4)cnc3N)o2)c(F)c1.CC(CF)NCc1ccc(-c2nnc(-c3nc(-c4ccc(S(=O)(=O)C(C)C)cc4)cnc3N)o2)cc1.CC(F)CNCc1ccc(-c2nnc(-c3nc(-c4ccc(S(=O)(=O)C(C)C)cc4)cnc3N)o2)cc1. The third-order valence-electron chi connectivity index (χ3n) is 22.2. The molecule has 8 aromatic carbocycles. The molecular weight excluding hydrogens is 1980 g/mol. The minimum absolute atomic E-state index is 0.0295. The zero-order valence-electron chi connectivity index (χ0n) is 80.3. The van der Waals surface area contributed by atoms with E-state index in [9.17, 15) is 55.6 Å². The van der Waals surface area contributed by atoms with E-state index >= 15 is 0 Å². The van der Waals surface area contributed by atoms with Crippen LogP contribution in [0.2, 0.25) is 5.02 Å². The Kier molecular flexibility index (Phi) is 35.5. The fourth-order valence-corrected chi connectivity index (χ4v) is 18.2. The Balaban J connectivity index is 0.000000162. The zero-order valence-corrected chi connectivity index (χ0v) is 84.3. The van der Waals surface area contributed by atoms with Crippen molar-refractivity contribution in [3.8, 4) is 137 Å². The number of sulfone groups is 4. The molecule has 0 amide bonds. The first-order valence-electron chi connectivity index (χ1n) is 45.3. The predicted molar refractivity (Wildman–Crippen MR) is 541 cm³/mol. The highest BCUT2D eigenvalue weighted by Crippen LogP contribution is 2.38. The van der Waals surface area contributed by atoms with Crippen LogP contribution in [-0.4, -0.2) is 187 Å². The molecular formula is C99H104ClF5N24O12S4. The summed E-state index contributed by atoms with van der Waals surface area (Å²) in [5, 5.41) is 42.4. The summed E-state index contributed by atoms with van der Waals surface area (Å²) in [7, 11) is -13.7. The van der Waals surface area contributed by atoms with Crippen LogP contribution in [0.4, 0.5) is 45.2 Å². The van der Waals surface area contributed by atoms with Crippen molar-refractivity contribution >= 4 is 74.2 Å². The fraction of sp³-hybridized carbons (Fsp3) is 0.273. The molecule has 46 heteroatoms. The summed E-state index contributed by atoms with van der Waals surface area (Å²) in [6.07, 6.45) is 4.99. The minimum Gasteiger partial charge on any atom is -0.414 e. The summed E-state index contributed by atoms with van der Waals surface area (Å²) < 4.78 is 188. The lowest BCUT2D eigenvalue weighted by molar-refractivity contribution is 0.344. The third kappa shape index (κ3) is 26.7. The lowest BCUT2D eigenvalue weighted by Crippen LogP contribution is -2.27. The van der Waals surface area contributed by atoms with E-state index in [2.05, 4.69) is 102 Å². The van der Waals surface area contributed by atoms with Crippen molar-refractivity contribution in [3.05, 3.63) is 240 Å². The normalized spacial score (nSPS) is 12.5. The molecule has 758 valence electrons. The molecule has 0 saturated heterocycles. The minimum atomic E-state index is -3.54. The van der Waals surface area contributed by atoms with Crippen LogP contribution in [0.5, 0.6) is 0 Å². The van der Waals surface area contributed by atoms with Crippen LogP contribution < -0.4 is 44.2 Å². The van der Waals surface area contributed by atoms with Gasteiger partial charge in [0.05, 0.1) is 98.7 Å². The first kappa shape index (κ1) is 108. The van der Waals surface area contributed by atoms with Crippen LogP contribution in [0.1, 0.15) is 98.4 Å². The lowest BCUT2D eigenvalue weighted by atomic mass is 10.1. The van der Waals surface area contributed by atoms with Crippen LogP contribution in [0, 0.1) is 5.82 Å². The van der Waals surface area contributed by atoms with E-state index in [1.165, 1.54) is 68.1 Å². The van der Waals surface area contributed by atoms with E-state index in [-0.39, 0.29) is 142 Å². The van der Waals surface area contributed by atoms with Gasteiger partial charge in [-0.25, -0.2) is 95.5 Å². The number of nitrogens with one attached hydrogen (secondary N) is 4. The molecule has 8 aromatic heterocycles. The quantitative estimate of drug-likeness (QED) is 0.0133. The topological polar surface area (TPSA) is 548 Å². The maximum atomic E-state index is 14.8. The number of benzene rings is 8. The second kappa shape index (κ2) is 47.8. The van der Waals surface area contributed by atoms with Crippen molar-refractivity contribution in [3.63, 3.8) is 0 Å². The second-order valence-electron chi connectivity index (χ2n) is 34.3. The zero-order chi connectivity index (χ0) is 104. The number of halogens is 6. The molecule has 16 rings (SSSR count). The fourth-order valence-electron chi connectivity index (χ4n) is 13.5. The lowest BCUT2D eigenvalue weighted by Gasteiger charge is -2.11. The van der Waals surface area contributed by atoms with Gasteiger partial charge in [-0.2, -0.15) is 0 Å². The van der Waals surface area contributed by atoms with Crippen molar-refractivity contribution < 1.29 is 73.3 Å². The summed E-state index contributed by atoms with van der Waals surface area (Å²) in [5.41, 5.74) is 34.9. The Morgan fingerprint density at radius 1 is 0.338 bits per heavy atom. The van der Waals surface area contributed by atoms with Gasteiger partial charge in [0.15, 0.2) is 85.4 Å². The van der Waals surface area contributed by atoms with E-state index in [0.717, 1.165) is 16.7 Å². The smallest absolute Gasteiger partial charge is 0.270 e. The molecule has 8 heterocycles. The highest BCUT2D eigenvalue weighted by atomic mass is 35.5. The number of hydrogen-bond acceptors (Lipinski definition) is 36. The van der Waals surface area contributed by atoms with Gasteiger partial charge in [-0.1, -0.05) is 96.5 Å².